The molecular weight excluding hydrogens is 697 g/mol. The minimum Gasteiger partial charge on any atom is -0.444 e. The molecule has 1 saturated carbocycles. The van der Waals surface area contributed by atoms with Gasteiger partial charge in [0.05, 0.1) is 24.7 Å². The number of aliphatic hydroxyl groups excluding tert-OH is 4. The van der Waals surface area contributed by atoms with Crippen molar-refractivity contribution in [1.29, 1.82) is 0 Å². The molecule has 3 fully saturated rings. The van der Waals surface area contributed by atoms with E-state index in [-0.39, 0.29) is 12.8 Å². The fraction of sp³-hybridized carbons (Fsp3) is 0.906. The predicted molar refractivity (Wildman–Crippen MR) is 178 cm³/mol. The van der Waals surface area contributed by atoms with Crippen molar-refractivity contribution in [1.82, 2.24) is 16.0 Å². The maximum Gasteiger partial charge on any atom is 0.409 e. The number of carbonyl (C=O) groups excluding carboxylic acids is 3. The second kappa shape index (κ2) is 17.2. The molecule has 11 N–H and O–H groups in total. The van der Waals surface area contributed by atoms with E-state index >= 15 is 4.39 Å². The number of hydrogen-bond donors (Lipinski definition) is 9. The summed E-state index contributed by atoms with van der Waals surface area (Å²) in [4.78, 5) is 38.4. The number of carbonyl (C=O) groups is 3. The highest BCUT2D eigenvalue weighted by Gasteiger charge is 2.53. The summed E-state index contributed by atoms with van der Waals surface area (Å²) in [5.74, 6) is 0. The van der Waals surface area contributed by atoms with Crippen molar-refractivity contribution in [2.75, 3.05) is 6.61 Å². The third-order valence-electron chi connectivity index (χ3n) is 8.01. The average Bonchev–Trinajstić information content (AvgIpc) is 2.96. The maximum absolute atomic E-state index is 16.9. The van der Waals surface area contributed by atoms with Crippen molar-refractivity contribution in [3.05, 3.63) is 0 Å². The van der Waals surface area contributed by atoms with Gasteiger partial charge in [-0.3, -0.25) is 5.32 Å². The van der Waals surface area contributed by atoms with Crippen molar-refractivity contribution in [2.24, 2.45) is 11.5 Å². The second-order valence-corrected chi connectivity index (χ2v) is 16.2. The molecule has 0 aromatic carbocycles. The zero-order valence-corrected chi connectivity index (χ0v) is 31.1. The van der Waals surface area contributed by atoms with E-state index in [1.54, 1.807) is 62.3 Å². The van der Waals surface area contributed by atoms with E-state index in [1.807, 2.05) is 0 Å². The summed E-state index contributed by atoms with van der Waals surface area (Å²) in [6.07, 6.45) is -19.4. The lowest BCUT2D eigenvalue weighted by atomic mass is 9.84. The Morgan fingerprint density at radius 3 is 1.69 bits per heavy atom. The zero-order valence-electron chi connectivity index (χ0n) is 31.1. The molecule has 20 heteroatoms. The maximum atomic E-state index is 16.9. The monoisotopic (exact) mass is 755 g/mol. The number of alkyl carbamates (subject to hydrolysis) is 3. The first kappa shape index (κ1) is 43.7. The van der Waals surface area contributed by atoms with Crippen LogP contribution in [0.25, 0.3) is 0 Å². The second-order valence-electron chi connectivity index (χ2n) is 16.2. The van der Waals surface area contributed by atoms with Crippen molar-refractivity contribution in [3.63, 3.8) is 0 Å². The van der Waals surface area contributed by atoms with Gasteiger partial charge in [-0.25, -0.2) is 18.8 Å². The first-order chi connectivity index (χ1) is 23.8. The molecule has 19 nitrogen and oxygen atoms in total. The molecule has 14 atom stereocenters. The zero-order chi connectivity index (χ0) is 39.5. The minimum absolute atomic E-state index is 0.199. The number of ether oxygens (including phenoxy) is 7. The van der Waals surface area contributed by atoms with E-state index in [1.165, 1.54) is 0 Å². The van der Waals surface area contributed by atoms with Gasteiger partial charge < -0.3 is 75.7 Å². The van der Waals surface area contributed by atoms with Crippen LogP contribution in [0, 0.1) is 0 Å². The number of nitrogens with one attached hydrogen (secondary N) is 3. The van der Waals surface area contributed by atoms with Gasteiger partial charge in [-0.1, -0.05) is 0 Å². The lowest BCUT2D eigenvalue weighted by Gasteiger charge is -2.48. The largest absolute Gasteiger partial charge is 0.444 e. The minimum atomic E-state index is -2.23. The highest BCUT2D eigenvalue weighted by Crippen LogP contribution is 2.33. The lowest BCUT2D eigenvalue weighted by Crippen LogP contribution is -2.68. The third kappa shape index (κ3) is 12.5. The quantitative estimate of drug-likeness (QED) is 0.139. The van der Waals surface area contributed by atoms with Crippen LogP contribution in [0.3, 0.4) is 0 Å². The Balaban J connectivity index is 1.96. The van der Waals surface area contributed by atoms with Crippen LogP contribution in [0.15, 0.2) is 0 Å². The van der Waals surface area contributed by atoms with Crippen LogP contribution in [-0.4, -0.2) is 148 Å². The molecule has 3 rings (SSSR count). The Labute approximate surface area is 302 Å². The molecule has 14 unspecified atom stereocenters. The first-order valence-corrected chi connectivity index (χ1v) is 17.2. The van der Waals surface area contributed by atoms with Gasteiger partial charge in [-0.2, -0.15) is 0 Å². The van der Waals surface area contributed by atoms with E-state index in [0.717, 1.165) is 0 Å². The molecule has 0 aromatic rings. The average molecular weight is 756 g/mol. The number of halogens is 1. The van der Waals surface area contributed by atoms with E-state index in [9.17, 15) is 34.8 Å². The normalized spacial score (nSPS) is 37.4. The summed E-state index contributed by atoms with van der Waals surface area (Å²) in [5, 5.41) is 49.1. The van der Waals surface area contributed by atoms with Crippen LogP contribution in [0.4, 0.5) is 18.8 Å². The topological polar surface area (TPSA) is 285 Å². The molecule has 1 aliphatic carbocycles. The van der Waals surface area contributed by atoms with Crippen LogP contribution in [0.5, 0.6) is 0 Å². The van der Waals surface area contributed by atoms with Crippen LogP contribution in [0.1, 0.15) is 75.2 Å². The summed E-state index contributed by atoms with van der Waals surface area (Å²) in [7, 11) is 0. The molecule has 3 aliphatic rings. The van der Waals surface area contributed by atoms with E-state index in [2.05, 4.69) is 16.0 Å². The van der Waals surface area contributed by atoms with Crippen LogP contribution in [0.2, 0.25) is 0 Å². The van der Waals surface area contributed by atoms with E-state index in [0.29, 0.717) is 0 Å². The smallest absolute Gasteiger partial charge is 0.409 e. The summed E-state index contributed by atoms with van der Waals surface area (Å²) < 4.78 is 56.3. The van der Waals surface area contributed by atoms with Gasteiger partial charge in [0.25, 0.3) is 0 Å². The number of alkyl halides is 1. The molecule has 2 heterocycles. The lowest BCUT2D eigenvalue weighted by molar-refractivity contribution is -0.311. The third-order valence-corrected chi connectivity index (χ3v) is 8.01. The van der Waals surface area contributed by atoms with Crippen molar-refractivity contribution >= 4 is 18.3 Å². The van der Waals surface area contributed by atoms with Gasteiger partial charge in [0.1, 0.15) is 53.4 Å². The van der Waals surface area contributed by atoms with Crippen molar-refractivity contribution in [2.45, 2.75) is 178 Å². The summed E-state index contributed by atoms with van der Waals surface area (Å²) >= 11 is 0. The van der Waals surface area contributed by atoms with Gasteiger partial charge >= 0.3 is 18.3 Å². The summed E-state index contributed by atoms with van der Waals surface area (Å²) in [6, 6.07) is -4.94. The predicted octanol–water partition coefficient (Wildman–Crippen LogP) is -0.663. The molecular formula is C32H58FN5O14. The Hall–Kier alpha value is -2.66. The molecule has 3 amide bonds. The Bertz CT molecular complexity index is 1210. The molecule has 302 valence electrons. The van der Waals surface area contributed by atoms with Crippen LogP contribution in [-0.2, 0) is 33.2 Å². The fourth-order valence-electron chi connectivity index (χ4n) is 5.78. The van der Waals surface area contributed by atoms with Gasteiger partial charge in [0.15, 0.2) is 25.0 Å². The molecule has 52 heavy (non-hydrogen) atoms. The number of hydrogen-bond acceptors (Lipinski definition) is 16. The number of aliphatic hydroxyl groups is 4. The summed E-state index contributed by atoms with van der Waals surface area (Å²) in [6.45, 7) is 13.9. The van der Waals surface area contributed by atoms with Crippen molar-refractivity contribution in [3.8, 4) is 0 Å². The molecule has 2 aliphatic heterocycles. The van der Waals surface area contributed by atoms with Crippen molar-refractivity contribution < 1.29 is 72.4 Å². The van der Waals surface area contributed by atoms with Gasteiger partial charge in [-0.15, -0.1) is 0 Å². The summed E-state index contributed by atoms with van der Waals surface area (Å²) in [5.41, 5.74) is 9.51. The van der Waals surface area contributed by atoms with E-state index < -0.39 is 127 Å². The SMILES string of the molecule is CC(C)(C)OC(=O)NC1CC(O)C(NC(=O)OC(C)(C)C)OC1OC1C(NC(=O)OC(C)(C)C)CC(N)C(OC2OC(CO)C(O)C(N)C2O)C1F. The Kier molecular flexibility index (Phi) is 14.5. The molecule has 2 saturated heterocycles. The molecule has 0 aromatic heterocycles. The van der Waals surface area contributed by atoms with E-state index in [4.69, 9.17) is 44.6 Å². The standard InChI is InChI=1S/C32H58FN5O14/c1-30(2,3)50-27(43)36-14-10-13(34)22(47-26-21(42)19(35)20(41)17(12-39)46-26)18(33)23(14)48-25-15(37-28(44)51-31(4,5)6)11-16(40)24(49-25)38-29(45)52-32(7,8)9/h13-26,39-42H,10-12,34-35H2,1-9H3,(H,36,43)(H,37,44)(H,38,45). The van der Waals surface area contributed by atoms with Gasteiger partial charge in [-0.05, 0) is 68.7 Å². The molecule has 0 spiro atoms. The Morgan fingerprint density at radius 1 is 0.712 bits per heavy atom. The molecule has 0 bridgehead atoms. The fourth-order valence-corrected chi connectivity index (χ4v) is 5.78. The van der Waals surface area contributed by atoms with Crippen LogP contribution >= 0.6 is 0 Å². The number of rotatable bonds is 8. The number of amides is 3. The number of nitrogens with two attached hydrogens (primary N) is 2. The first-order valence-electron chi connectivity index (χ1n) is 17.2. The van der Waals surface area contributed by atoms with Gasteiger partial charge in [0.2, 0.25) is 0 Å². The van der Waals surface area contributed by atoms with Gasteiger partial charge in [0, 0.05) is 12.5 Å². The highest BCUT2D eigenvalue weighted by atomic mass is 19.1. The highest BCUT2D eigenvalue weighted by molar-refractivity contribution is 5.69. The Morgan fingerprint density at radius 2 is 1.19 bits per heavy atom. The molecule has 0 radical (unpaired) electrons. The van der Waals surface area contributed by atoms with Crippen LogP contribution < -0.4 is 27.4 Å².